The number of anilines is 2. The third kappa shape index (κ3) is 2.40. The molecule has 4 N–H and O–H groups in total. The number of hydrogen-bond donors (Lipinski definition) is 3. The van der Waals surface area contributed by atoms with Crippen molar-refractivity contribution in [1.29, 1.82) is 0 Å². The van der Waals surface area contributed by atoms with E-state index in [4.69, 9.17) is 5.73 Å². The fraction of sp³-hybridized carbons (Fsp3) is 0.364. The SMILES string of the molecule is NCCCNc1cc2c(cc1[N+](=O)[O-])CC(=O)N2. The fourth-order valence-electron chi connectivity index (χ4n) is 1.88. The third-order valence-corrected chi connectivity index (χ3v) is 2.74. The molecule has 0 aliphatic carbocycles. The van der Waals surface area contributed by atoms with Gasteiger partial charge in [-0.2, -0.15) is 0 Å². The largest absolute Gasteiger partial charge is 0.379 e. The topological polar surface area (TPSA) is 110 Å². The predicted octanol–water partition coefficient (Wildman–Crippen LogP) is 0.850. The zero-order valence-corrected chi connectivity index (χ0v) is 9.73. The third-order valence-electron chi connectivity index (χ3n) is 2.74. The Balaban J connectivity index is 2.29. The lowest BCUT2D eigenvalue weighted by Gasteiger charge is -2.08. The molecule has 2 rings (SSSR count). The van der Waals surface area contributed by atoms with Gasteiger partial charge in [-0.05, 0) is 24.6 Å². The van der Waals surface area contributed by atoms with Gasteiger partial charge in [-0.25, -0.2) is 0 Å². The number of nitro benzene ring substituents is 1. The maximum atomic E-state index is 11.2. The summed E-state index contributed by atoms with van der Waals surface area (Å²) in [7, 11) is 0. The van der Waals surface area contributed by atoms with Crippen LogP contribution >= 0.6 is 0 Å². The van der Waals surface area contributed by atoms with E-state index in [0.717, 1.165) is 6.42 Å². The van der Waals surface area contributed by atoms with Crippen LogP contribution in [0.25, 0.3) is 0 Å². The first-order chi connectivity index (χ1) is 8.61. The highest BCUT2D eigenvalue weighted by molar-refractivity contribution is 6.00. The summed E-state index contributed by atoms with van der Waals surface area (Å²) in [5.74, 6) is -0.140. The van der Waals surface area contributed by atoms with Gasteiger partial charge in [0.25, 0.3) is 5.69 Å². The first kappa shape index (κ1) is 12.3. The summed E-state index contributed by atoms with van der Waals surface area (Å²) in [6.07, 6.45) is 0.917. The number of nitrogens with one attached hydrogen (secondary N) is 2. The van der Waals surface area contributed by atoms with Crippen molar-refractivity contribution in [3.63, 3.8) is 0 Å². The predicted molar refractivity (Wildman–Crippen MR) is 67.6 cm³/mol. The second-order valence-electron chi connectivity index (χ2n) is 4.08. The van der Waals surface area contributed by atoms with Crippen molar-refractivity contribution in [2.45, 2.75) is 12.8 Å². The summed E-state index contributed by atoms with van der Waals surface area (Å²) in [5, 5.41) is 16.6. The number of benzene rings is 1. The fourth-order valence-corrected chi connectivity index (χ4v) is 1.88. The van der Waals surface area contributed by atoms with E-state index in [2.05, 4.69) is 10.6 Å². The van der Waals surface area contributed by atoms with Gasteiger partial charge in [0.1, 0.15) is 5.69 Å². The van der Waals surface area contributed by atoms with Gasteiger partial charge in [0.05, 0.1) is 11.3 Å². The molecule has 0 aromatic heterocycles. The molecule has 0 radical (unpaired) electrons. The van der Waals surface area contributed by atoms with Crippen molar-refractivity contribution >= 4 is 23.0 Å². The molecule has 18 heavy (non-hydrogen) atoms. The molecule has 0 fully saturated rings. The number of rotatable bonds is 5. The van der Waals surface area contributed by atoms with E-state index in [1.165, 1.54) is 6.07 Å². The minimum atomic E-state index is -0.451. The van der Waals surface area contributed by atoms with E-state index in [1.54, 1.807) is 6.07 Å². The molecule has 1 amide bonds. The van der Waals surface area contributed by atoms with Crippen molar-refractivity contribution < 1.29 is 9.72 Å². The maximum absolute atomic E-state index is 11.2. The van der Waals surface area contributed by atoms with Crippen LogP contribution in [0.1, 0.15) is 12.0 Å². The molecular weight excluding hydrogens is 236 g/mol. The summed E-state index contributed by atoms with van der Waals surface area (Å²) < 4.78 is 0. The van der Waals surface area contributed by atoms with Crippen LogP contribution in [0.5, 0.6) is 0 Å². The van der Waals surface area contributed by atoms with Gasteiger partial charge in [0, 0.05) is 18.3 Å². The van der Waals surface area contributed by atoms with Gasteiger partial charge >= 0.3 is 0 Å². The van der Waals surface area contributed by atoms with Crippen LogP contribution in [0.15, 0.2) is 12.1 Å². The van der Waals surface area contributed by atoms with Crippen LogP contribution in [0.3, 0.4) is 0 Å². The van der Waals surface area contributed by atoms with Crippen molar-refractivity contribution in [3.8, 4) is 0 Å². The maximum Gasteiger partial charge on any atom is 0.292 e. The molecule has 1 aliphatic heterocycles. The molecule has 0 saturated heterocycles. The summed E-state index contributed by atoms with van der Waals surface area (Å²) in [4.78, 5) is 21.8. The highest BCUT2D eigenvalue weighted by Crippen LogP contribution is 2.34. The zero-order valence-electron chi connectivity index (χ0n) is 9.73. The normalized spacial score (nSPS) is 13.1. The quantitative estimate of drug-likeness (QED) is 0.407. The van der Waals surface area contributed by atoms with Crippen molar-refractivity contribution in [2.75, 3.05) is 23.7 Å². The van der Waals surface area contributed by atoms with Crippen molar-refractivity contribution in [3.05, 3.63) is 27.8 Å². The molecule has 1 heterocycles. The van der Waals surface area contributed by atoms with Gasteiger partial charge < -0.3 is 16.4 Å². The molecule has 7 heteroatoms. The van der Waals surface area contributed by atoms with Crippen LogP contribution in [-0.4, -0.2) is 23.9 Å². The van der Waals surface area contributed by atoms with Crippen LogP contribution in [-0.2, 0) is 11.2 Å². The van der Waals surface area contributed by atoms with Crippen molar-refractivity contribution in [2.24, 2.45) is 5.73 Å². The van der Waals surface area contributed by atoms with E-state index in [-0.39, 0.29) is 18.0 Å². The van der Waals surface area contributed by atoms with Gasteiger partial charge in [-0.15, -0.1) is 0 Å². The monoisotopic (exact) mass is 250 g/mol. The zero-order chi connectivity index (χ0) is 13.1. The Bertz CT molecular complexity index is 501. The number of nitro groups is 1. The smallest absolute Gasteiger partial charge is 0.292 e. The second kappa shape index (κ2) is 5.01. The molecular formula is C11H14N4O3. The summed E-state index contributed by atoms with van der Waals surface area (Å²) in [6, 6.07) is 3.05. The van der Waals surface area contributed by atoms with Gasteiger partial charge in [-0.1, -0.05) is 0 Å². The standard InChI is InChI=1S/C11H14N4O3/c12-2-1-3-13-9-6-8-7(5-11(16)14-8)4-10(9)15(17)18/h4,6,13H,1-3,5,12H2,(H,14,16). The number of carbonyl (C=O) groups excluding carboxylic acids is 1. The Morgan fingerprint density at radius 1 is 1.50 bits per heavy atom. The van der Waals surface area contributed by atoms with Gasteiger partial charge in [0.2, 0.25) is 5.91 Å². The average molecular weight is 250 g/mol. The first-order valence-corrected chi connectivity index (χ1v) is 5.67. The Kier molecular flexibility index (Phi) is 3.42. The number of nitrogens with zero attached hydrogens (tertiary/aromatic N) is 1. The number of amides is 1. The van der Waals surface area contributed by atoms with E-state index < -0.39 is 4.92 Å². The highest BCUT2D eigenvalue weighted by atomic mass is 16.6. The second-order valence-corrected chi connectivity index (χ2v) is 4.08. The molecule has 96 valence electrons. The molecule has 0 bridgehead atoms. The Morgan fingerprint density at radius 2 is 2.28 bits per heavy atom. The van der Waals surface area contributed by atoms with Gasteiger partial charge in [0.15, 0.2) is 0 Å². The van der Waals surface area contributed by atoms with E-state index in [9.17, 15) is 14.9 Å². The molecule has 0 atom stereocenters. The van der Waals surface area contributed by atoms with E-state index in [1.807, 2.05) is 0 Å². The van der Waals surface area contributed by atoms with Crippen LogP contribution < -0.4 is 16.4 Å². The van der Waals surface area contributed by atoms with Crippen LogP contribution in [0, 0.1) is 10.1 Å². The lowest BCUT2D eigenvalue weighted by molar-refractivity contribution is -0.384. The highest BCUT2D eigenvalue weighted by Gasteiger charge is 2.24. The molecule has 0 saturated carbocycles. The number of hydrogen-bond acceptors (Lipinski definition) is 5. The molecule has 0 spiro atoms. The number of carbonyl (C=O) groups is 1. The molecule has 1 aromatic carbocycles. The number of nitrogens with two attached hydrogens (primary N) is 1. The minimum Gasteiger partial charge on any atom is -0.379 e. The first-order valence-electron chi connectivity index (χ1n) is 5.67. The van der Waals surface area contributed by atoms with Crippen LogP contribution in [0.2, 0.25) is 0 Å². The number of fused-ring (bicyclic) bond motifs is 1. The molecule has 0 unspecified atom stereocenters. The average Bonchev–Trinajstić information content (AvgIpc) is 2.67. The Morgan fingerprint density at radius 3 is 2.94 bits per heavy atom. The molecule has 7 nitrogen and oxygen atoms in total. The summed E-state index contributed by atoms with van der Waals surface area (Å²) >= 11 is 0. The lowest BCUT2D eigenvalue weighted by Crippen LogP contribution is -2.10. The van der Waals surface area contributed by atoms with E-state index >= 15 is 0 Å². The van der Waals surface area contributed by atoms with Crippen LogP contribution in [0.4, 0.5) is 17.1 Å². The Labute approximate surface area is 104 Å². The minimum absolute atomic E-state index is 0.0118. The molecule has 1 aromatic rings. The summed E-state index contributed by atoms with van der Waals surface area (Å²) in [5.41, 5.74) is 7.07. The Hall–Kier alpha value is -2.15. The van der Waals surface area contributed by atoms with E-state index in [0.29, 0.717) is 30.0 Å². The van der Waals surface area contributed by atoms with Crippen molar-refractivity contribution in [1.82, 2.24) is 0 Å². The lowest BCUT2D eigenvalue weighted by atomic mass is 10.1. The summed E-state index contributed by atoms with van der Waals surface area (Å²) in [6.45, 7) is 1.08. The molecule has 1 aliphatic rings. The van der Waals surface area contributed by atoms with Gasteiger partial charge in [-0.3, -0.25) is 14.9 Å².